The van der Waals surface area contributed by atoms with Crippen LogP contribution in [0.2, 0.25) is 0 Å². The summed E-state index contributed by atoms with van der Waals surface area (Å²) in [5.41, 5.74) is -0.462. The highest BCUT2D eigenvalue weighted by Gasteiger charge is 2.40. The Bertz CT molecular complexity index is 520. The monoisotopic (exact) mass is 255 g/mol. The Morgan fingerprint density at radius 1 is 1.56 bits per heavy atom. The maximum atomic E-state index is 12.1. The molecule has 1 saturated heterocycles. The van der Waals surface area contributed by atoms with Crippen molar-refractivity contribution < 1.29 is 19.4 Å². The van der Waals surface area contributed by atoms with Gasteiger partial charge in [-0.1, -0.05) is 0 Å². The Labute approximate surface area is 102 Å². The maximum absolute atomic E-state index is 12.1. The van der Waals surface area contributed by atoms with Gasteiger partial charge in [0, 0.05) is 26.3 Å². The van der Waals surface area contributed by atoms with Crippen molar-refractivity contribution in [3.63, 3.8) is 0 Å². The predicted octanol–water partition coefficient (Wildman–Crippen LogP) is -0.983. The molecule has 3 N–H and O–H groups in total. The van der Waals surface area contributed by atoms with Crippen LogP contribution in [0.5, 0.6) is 0 Å². The minimum absolute atomic E-state index is 0.0444. The lowest BCUT2D eigenvalue weighted by Crippen LogP contribution is -2.40. The first kappa shape index (κ1) is 12.4. The minimum atomic E-state index is -1.08. The molecule has 2 unspecified atom stereocenters. The fourth-order valence-electron chi connectivity index (χ4n) is 2.03. The predicted molar refractivity (Wildman–Crippen MR) is 59.3 cm³/mol. The third-order valence-corrected chi connectivity index (χ3v) is 2.97. The van der Waals surface area contributed by atoms with Crippen LogP contribution < -0.4 is 5.69 Å². The highest BCUT2D eigenvalue weighted by molar-refractivity contribution is 5.95. The molecule has 0 bridgehead atoms. The number of aliphatic carboxylic acids is 1. The number of H-pyrrole nitrogens is 2. The Balaban J connectivity index is 2.22. The molecule has 8 nitrogen and oxygen atoms in total. The van der Waals surface area contributed by atoms with Crippen molar-refractivity contribution >= 4 is 11.9 Å². The van der Waals surface area contributed by atoms with E-state index < -0.39 is 23.6 Å². The van der Waals surface area contributed by atoms with Crippen molar-refractivity contribution in [1.82, 2.24) is 14.9 Å². The molecule has 18 heavy (non-hydrogen) atoms. The van der Waals surface area contributed by atoms with Crippen LogP contribution in [-0.2, 0) is 9.53 Å². The molecule has 0 aliphatic carbocycles. The van der Waals surface area contributed by atoms with Crippen LogP contribution in [0.4, 0.5) is 0 Å². The second kappa shape index (κ2) is 4.65. The van der Waals surface area contributed by atoms with E-state index in [1.807, 2.05) is 0 Å². The molecule has 8 heteroatoms. The van der Waals surface area contributed by atoms with E-state index in [9.17, 15) is 14.4 Å². The number of amides is 1. The average molecular weight is 255 g/mol. The van der Waals surface area contributed by atoms with Gasteiger partial charge in [-0.3, -0.25) is 4.79 Å². The number of hydrogen-bond donors (Lipinski definition) is 3. The van der Waals surface area contributed by atoms with Crippen LogP contribution in [0.3, 0.4) is 0 Å². The number of nitrogens with one attached hydrogen (secondary N) is 2. The molecular formula is C10H13N3O5. The van der Waals surface area contributed by atoms with E-state index in [4.69, 9.17) is 9.84 Å². The van der Waals surface area contributed by atoms with E-state index in [2.05, 4.69) is 9.97 Å². The zero-order valence-corrected chi connectivity index (χ0v) is 9.67. The molecule has 1 amide bonds. The van der Waals surface area contributed by atoms with E-state index in [1.54, 1.807) is 0 Å². The Hall–Kier alpha value is -2.09. The number of nitrogens with zero attached hydrogens (tertiary/aromatic N) is 1. The highest BCUT2D eigenvalue weighted by atomic mass is 16.5. The number of carbonyl (C=O) groups is 2. The molecule has 0 saturated carbocycles. The molecule has 1 aliphatic rings. The number of aromatic nitrogens is 2. The largest absolute Gasteiger partial charge is 0.480 e. The van der Waals surface area contributed by atoms with E-state index >= 15 is 0 Å². The SMILES string of the molecule is COC1CC(C(=O)O)N(C(=O)c2c[nH]c(=O)[nH]2)C1. The maximum Gasteiger partial charge on any atom is 0.326 e. The topological polar surface area (TPSA) is 115 Å². The summed E-state index contributed by atoms with van der Waals surface area (Å²) in [5.74, 6) is -1.61. The fraction of sp³-hybridized carbons (Fsp3) is 0.500. The third kappa shape index (κ3) is 2.14. The number of carbonyl (C=O) groups excluding carboxylic acids is 1. The van der Waals surface area contributed by atoms with Gasteiger partial charge in [0.15, 0.2) is 0 Å². The molecule has 1 aromatic rings. The molecule has 1 aliphatic heterocycles. The Morgan fingerprint density at radius 2 is 2.28 bits per heavy atom. The van der Waals surface area contributed by atoms with Crippen molar-refractivity contribution in [3.05, 3.63) is 22.4 Å². The molecule has 1 aromatic heterocycles. The van der Waals surface area contributed by atoms with Gasteiger partial charge in [-0.2, -0.15) is 0 Å². The Kier molecular flexibility index (Phi) is 3.19. The number of carboxylic acid groups (broad SMARTS) is 1. The highest BCUT2D eigenvalue weighted by Crippen LogP contribution is 2.21. The van der Waals surface area contributed by atoms with Crippen LogP contribution in [0.25, 0.3) is 0 Å². The van der Waals surface area contributed by atoms with Crippen LogP contribution in [0, 0.1) is 0 Å². The summed E-state index contributed by atoms with van der Waals surface area (Å²) < 4.78 is 5.08. The van der Waals surface area contributed by atoms with Crippen molar-refractivity contribution in [2.75, 3.05) is 13.7 Å². The van der Waals surface area contributed by atoms with Gasteiger partial charge in [-0.05, 0) is 0 Å². The van der Waals surface area contributed by atoms with Gasteiger partial charge in [0.2, 0.25) is 0 Å². The zero-order chi connectivity index (χ0) is 13.3. The van der Waals surface area contributed by atoms with Crippen LogP contribution in [-0.4, -0.2) is 57.7 Å². The molecule has 0 aromatic carbocycles. The molecule has 0 radical (unpaired) electrons. The lowest BCUT2D eigenvalue weighted by molar-refractivity contribution is -0.141. The lowest BCUT2D eigenvalue weighted by Gasteiger charge is -2.20. The van der Waals surface area contributed by atoms with Gasteiger partial charge < -0.3 is 24.7 Å². The van der Waals surface area contributed by atoms with Gasteiger partial charge >= 0.3 is 11.7 Å². The number of methoxy groups -OCH3 is 1. The summed E-state index contributed by atoms with van der Waals surface area (Å²) in [5, 5.41) is 9.07. The number of ether oxygens (including phenoxy) is 1. The Morgan fingerprint density at radius 3 is 2.78 bits per heavy atom. The third-order valence-electron chi connectivity index (χ3n) is 2.97. The first-order valence-corrected chi connectivity index (χ1v) is 5.37. The summed E-state index contributed by atoms with van der Waals surface area (Å²) >= 11 is 0. The second-order valence-electron chi connectivity index (χ2n) is 4.06. The normalized spacial score (nSPS) is 23.3. The first-order valence-electron chi connectivity index (χ1n) is 5.37. The molecule has 98 valence electrons. The molecular weight excluding hydrogens is 242 g/mol. The first-order chi connectivity index (χ1) is 8.52. The lowest BCUT2D eigenvalue weighted by atomic mass is 10.2. The molecule has 1 fully saturated rings. The number of aromatic amines is 2. The van der Waals surface area contributed by atoms with Crippen LogP contribution in [0.15, 0.2) is 11.0 Å². The van der Waals surface area contributed by atoms with Gasteiger partial charge in [-0.15, -0.1) is 0 Å². The standard InChI is InChI=1S/C10H13N3O5/c1-18-5-2-7(9(15)16)13(4-5)8(14)6-3-11-10(17)12-6/h3,5,7H,2,4H2,1H3,(H,15,16)(H2,11,12,17). The average Bonchev–Trinajstić information content (AvgIpc) is 2.93. The van der Waals surface area contributed by atoms with Crippen molar-refractivity contribution in [2.45, 2.75) is 18.6 Å². The van der Waals surface area contributed by atoms with E-state index in [0.29, 0.717) is 0 Å². The number of imidazole rings is 1. The summed E-state index contributed by atoms with van der Waals surface area (Å²) in [6, 6.07) is -0.930. The van der Waals surface area contributed by atoms with Crippen LogP contribution in [0.1, 0.15) is 16.9 Å². The van der Waals surface area contributed by atoms with Crippen molar-refractivity contribution in [1.29, 1.82) is 0 Å². The number of likely N-dealkylation sites (tertiary alicyclic amines) is 1. The molecule has 2 heterocycles. The number of rotatable bonds is 3. The minimum Gasteiger partial charge on any atom is -0.480 e. The smallest absolute Gasteiger partial charge is 0.326 e. The number of carboxylic acids is 1. The number of hydrogen-bond acceptors (Lipinski definition) is 4. The summed E-state index contributed by atoms with van der Waals surface area (Å²) in [6.07, 6.45) is 1.16. The summed E-state index contributed by atoms with van der Waals surface area (Å²) in [6.45, 7) is 0.194. The van der Waals surface area contributed by atoms with Gasteiger partial charge in [0.1, 0.15) is 11.7 Å². The zero-order valence-electron chi connectivity index (χ0n) is 9.67. The van der Waals surface area contributed by atoms with Crippen molar-refractivity contribution in [2.24, 2.45) is 0 Å². The van der Waals surface area contributed by atoms with Crippen molar-refractivity contribution in [3.8, 4) is 0 Å². The second-order valence-corrected chi connectivity index (χ2v) is 4.06. The van der Waals surface area contributed by atoms with Crippen LogP contribution >= 0.6 is 0 Å². The fourth-order valence-corrected chi connectivity index (χ4v) is 2.03. The summed E-state index contributed by atoms with van der Waals surface area (Å²) in [7, 11) is 1.47. The van der Waals surface area contributed by atoms with Gasteiger partial charge in [0.05, 0.1) is 6.10 Å². The van der Waals surface area contributed by atoms with E-state index in [-0.39, 0.29) is 24.8 Å². The van der Waals surface area contributed by atoms with E-state index in [0.717, 1.165) is 0 Å². The summed E-state index contributed by atoms with van der Waals surface area (Å²) in [4.78, 5) is 39.9. The van der Waals surface area contributed by atoms with E-state index in [1.165, 1.54) is 18.2 Å². The molecule has 2 atom stereocenters. The molecule has 0 spiro atoms. The quantitative estimate of drug-likeness (QED) is 0.641. The molecule has 2 rings (SSSR count). The van der Waals surface area contributed by atoms with Gasteiger partial charge in [-0.25, -0.2) is 9.59 Å². The van der Waals surface area contributed by atoms with Gasteiger partial charge in [0.25, 0.3) is 5.91 Å².